The van der Waals surface area contributed by atoms with Crippen LogP contribution in [0.4, 0.5) is 0 Å². The van der Waals surface area contributed by atoms with E-state index in [1.165, 1.54) is 11.1 Å². The first-order valence-electron chi connectivity index (χ1n) is 5.96. The second-order valence-electron chi connectivity index (χ2n) is 5.44. The number of benzene rings is 1. The molecule has 0 spiro atoms. The minimum Gasteiger partial charge on any atom is -0.542 e. The van der Waals surface area contributed by atoms with Gasteiger partial charge in [-0.05, 0) is 42.1 Å². The molecular formula is C14H23OSi. The second-order valence-corrected chi connectivity index (χ2v) is 7.46. The quantitative estimate of drug-likeness (QED) is 0.714. The van der Waals surface area contributed by atoms with E-state index in [1.807, 2.05) is 0 Å². The molecule has 1 radical (unpaired) electrons. The van der Waals surface area contributed by atoms with Gasteiger partial charge >= 0.3 is 0 Å². The zero-order valence-electron chi connectivity index (χ0n) is 11.3. The van der Waals surface area contributed by atoms with Crippen molar-refractivity contribution in [3.8, 4) is 5.75 Å². The minimum absolute atomic E-state index is 0.193. The maximum absolute atomic E-state index is 5.97. The molecule has 0 amide bonds. The summed E-state index contributed by atoms with van der Waals surface area (Å²) in [7, 11) is -0.680. The first-order valence-corrected chi connectivity index (χ1v) is 8.37. The molecule has 2 heteroatoms. The molecule has 0 bridgehead atoms. The van der Waals surface area contributed by atoms with Crippen LogP contribution in [0.3, 0.4) is 0 Å². The van der Waals surface area contributed by atoms with E-state index in [0.717, 1.165) is 12.2 Å². The van der Waals surface area contributed by atoms with Crippen molar-refractivity contribution in [3.63, 3.8) is 0 Å². The Morgan fingerprint density at radius 3 is 2.25 bits per heavy atom. The molecular weight excluding hydrogens is 212 g/mol. The zero-order chi connectivity index (χ0) is 12.3. The van der Waals surface area contributed by atoms with Crippen molar-refractivity contribution >= 4 is 9.04 Å². The van der Waals surface area contributed by atoms with Gasteiger partial charge in [-0.15, -0.1) is 0 Å². The Hall–Kier alpha value is -0.763. The summed E-state index contributed by atoms with van der Waals surface area (Å²) in [6.07, 6.45) is 1.04. The maximum atomic E-state index is 5.97. The molecule has 0 aliphatic rings. The van der Waals surface area contributed by atoms with Crippen LogP contribution in [0.1, 0.15) is 38.8 Å². The van der Waals surface area contributed by atoms with E-state index in [0.29, 0.717) is 0 Å². The standard InChI is InChI=1S/C14H23OSi/c1-7-11-8-9-12(14(2,3)4)10-13(11)15-16(5)6/h8-10H,7H2,1-6H3. The maximum Gasteiger partial charge on any atom is 0.274 e. The van der Waals surface area contributed by atoms with Crippen LogP contribution in [-0.4, -0.2) is 9.04 Å². The van der Waals surface area contributed by atoms with Crippen LogP contribution < -0.4 is 4.43 Å². The third-order valence-electron chi connectivity index (χ3n) is 2.63. The van der Waals surface area contributed by atoms with Crippen LogP contribution in [-0.2, 0) is 11.8 Å². The molecule has 1 rings (SSSR count). The van der Waals surface area contributed by atoms with E-state index >= 15 is 0 Å². The summed E-state index contributed by atoms with van der Waals surface area (Å²) in [6.45, 7) is 13.2. The number of rotatable bonds is 3. The highest BCUT2D eigenvalue weighted by molar-refractivity contribution is 6.49. The highest BCUT2D eigenvalue weighted by atomic mass is 28.3. The van der Waals surface area contributed by atoms with Crippen LogP contribution >= 0.6 is 0 Å². The monoisotopic (exact) mass is 235 g/mol. The van der Waals surface area contributed by atoms with Gasteiger partial charge in [0.2, 0.25) is 0 Å². The largest absolute Gasteiger partial charge is 0.542 e. The summed E-state index contributed by atoms with van der Waals surface area (Å²) in [6, 6.07) is 6.65. The van der Waals surface area contributed by atoms with Crippen molar-refractivity contribution < 1.29 is 4.43 Å². The van der Waals surface area contributed by atoms with E-state index in [1.54, 1.807) is 0 Å². The summed E-state index contributed by atoms with van der Waals surface area (Å²) in [5, 5.41) is 0. The lowest BCUT2D eigenvalue weighted by molar-refractivity contribution is 0.554. The van der Waals surface area contributed by atoms with Gasteiger partial charge in [0.25, 0.3) is 9.04 Å². The molecule has 0 aliphatic carbocycles. The van der Waals surface area contributed by atoms with Crippen LogP contribution in [0.2, 0.25) is 13.1 Å². The molecule has 89 valence electrons. The predicted molar refractivity (Wildman–Crippen MR) is 72.6 cm³/mol. The smallest absolute Gasteiger partial charge is 0.274 e. The van der Waals surface area contributed by atoms with Crippen molar-refractivity contribution in [2.75, 3.05) is 0 Å². The van der Waals surface area contributed by atoms with Gasteiger partial charge in [-0.25, -0.2) is 0 Å². The van der Waals surface area contributed by atoms with Crippen molar-refractivity contribution in [1.29, 1.82) is 0 Å². The van der Waals surface area contributed by atoms with Crippen LogP contribution in [0.25, 0.3) is 0 Å². The fourth-order valence-electron chi connectivity index (χ4n) is 1.63. The van der Waals surface area contributed by atoms with Crippen molar-refractivity contribution in [3.05, 3.63) is 29.3 Å². The normalized spacial score (nSPS) is 11.9. The van der Waals surface area contributed by atoms with Gasteiger partial charge in [-0.2, -0.15) is 0 Å². The third kappa shape index (κ3) is 3.37. The molecule has 1 nitrogen and oxygen atoms in total. The third-order valence-corrected chi connectivity index (χ3v) is 3.26. The first kappa shape index (κ1) is 13.3. The van der Waals surface area contributed by atoms with Gasteiger partial charge < -0.3 is 4.43 Å². The van der Waals surface area contributed by atoms with Gasteiger partial charge in [0.1, 0.15) is 5.75 Å². The SMILES string of the molecule is CCc1ccc(C(C)(C)C)cc1O[Si](C)C. The Kier molecular flexibility index (Phi) is 4.19. The molecule has 1 aromatic carbocycles. The second kappa shape index (κ2) is 5.04. The molecule has 1 aromatic rings. The Labute approximate surface area is 102 Å². The summed E-state index contributed by atoms with van der Waals surface area (Å²) in [5.41, 5.74) is 2.86. The van der Waals surface area contributed by atoms with Gasteiger partial charge in [0.05, 0.1) is 0 Å². The Balaban J connectivity index is 3.11. The topological polar surface area (TPSA) is 9.23 Å². The van der Waals surface area contributed by atoms with Crippen molar-refractivity contribution in [1.82, 2.24) is 0 Å². The fraction of sp³-hybridized carbons (Fsp3) is 0.571. The highest BCUT2D eigenvalue weighted by Gasteiger charge is 2.16. The number of aryl methyl sites for hydroxylation is 1. The average molecular weight is 235 g/mol. The first-order chi connectivity index (χ1) is 7.34. The van der Waals surface area contributed by atoms with Crippen LogP contribution in [0, 0.1) is 0 Å². The molecule has 0 heterocycles. The molecule has 0 N–H and O–H groups in total. The molecule has 0 unspecified atom stereocenters. The van der Waals surface area contributed by atoms with E-state index in [-0.39, 0.29) is 5.41 Å². The predicted octanol–water partition coefficient (Wildman–Crippen LogP) is 4.18. The number of hydrogen-bond donors (Lipinski definition) is 0. The lowest BCUT2D eigenvalue weighted by atomic mass is 9.86. The molecule has 16 heavy (non-hydrogen) atoms. The molecule has 0 aliphatic heterocycles. The lowest BCUT2D eigenvalue weighted by Gasteiger charge is -2.22. The van der Waals surface area contributed by atoms with E-state index in [2.05, 4.69) is 59.0 Å². The average Bonchev–Trinajstić information content (AvgIpc) is 2.15. The molecule has 0 atom stereocenters. The van der Waals surface area contributed by atoms with E-state index in [4.69, 9.17) is 4.43 Å². The van der Waals surface area contributed by atoms with Crippen LogP contribution in [0.5, 0.6) is 5.75 Å². The molecule has 0 saturated heterocycles. The highest BCUT2D eigenvalue weighted by Crippen LogP contribution is 2.29. The summed E-state index contributed by atoms with van der Waals surface area (Å²) >= 11 is 0. The van der Waals surface area contributed by atoms with Crippen molar-refractivity contribution in [2.45, 2.75) is 52.6 Å². The van der Waals surface area contributed by atoms with Gasteiger partial charge in [-0.3, -0.25) is 0 Å². The Morgan fingerprint density at radius 2 is 1.81 bits per heavy atom. The summed E-state index contributed by atoms with van der Waals surface area (Å²) in [5.74, 6) is 1.09. The van der Waals surface area contributed by atoms with E-state index < -0.39 is 9.04 Å². The number of hydrogen-bond acceptors (Lipinski definition) is 1. The van der Waals surface area contributed by atoms with Crippen LogP contribution in [0.15, 0.2) is 18.2 Å². The lowest BCUT2D eigenvalue weighted by Crippen LogP contribution is -2.15. The van der Waals surface area contributed by atoms with Crippen molar-refractivity contribution in [2.24, 2.45) is 0 Å². The summed E-state index contributed by atoms with van der Waals surface area (Å²) in [4.78, 5) is 0. The van der Waals surface area contributed by atoms with Gasteiger partial charge in [-0.1, -0.05) is 39.8 Å². The Morgan fingerprint density at radius 1 is 1.19 bits per heavy atom. The Bertz CT molecular complexity index is 350. The van der Waals surface area contributed by atoms with Gasteiger partial charge in [0, 0.05) is 0 Å². The fourth-order valence-corrected chi connectivity index (χ4v) is 2.26. The molecule has 0 saturated carbocycles. The molecule has 0 aromatic heterocycles. The molecule has 0 fully saturated rings. The summed E-state index contributed by atoms with van der Waals surface area (Å²) < 4.78 is 5.97. The van der Waals surface area contributed by atoms with Gasteiger partial charge in [0.15, 0.2) is 0 Å². The zero-order valence-corrected chi connectivity index (χ0v) is 12.3. The van der Waals surface area contributed by atoms with E-state index in [9.17, 15) is 0 Å². The minimum atomic E-state index is -0.680.